The smallest absolute Gasteiger partial charge is 0.220 e. The molecule has 0 radical (unpaired) electrons. The Morgan fingerprint density at radius 3 is 1.36 bits per heavy atom. The molecule has 0 bridgehead atoms. The summed E-state index contributed by atoms with van der Waals surface area (Å²) in [5.74, 6) is -0.262. The van der Waals surface area contributed by atoms with Gasteiger partial charge < -0.3 is 65.1 Å². The summed E-state index contributed by atoms with van der Waals surface area (Å²) in [5.41, 5.74) is 0. The van der Waals surface area contributed by atoms with E-state index in [0.717, 1.165) is 64.2 Å². The molecule has 12 unspecified atom stereocenters. The fourth-order valence-corrected chi connectivity index (χ4v) is 10.1. The Labute approximate surface area is 473 Å². The van der Waals surface area contributed by atoms with Crippen LogP contribution in [-0.2, 0) is 23.7 Å². The molecule has 14 heteroatoms. The molecular weight excluding hydrogens is 991 g/mol. The van der Waals surface area contributed by atoms with Crippen molar-refractivity contribution in [3.8, 4) is 0 Å². The number of carbonyl (C=O) groups is 1. The summed E-state index contributed by atoms with van der Waals surface area (Å²) in [6, 6.07) is -0.945. The van der Waals surface area contributed by atoms with Crippen LogP contribution in [0.15, 0.2) is 60.8 Å². The molecular formula is C64H115NO13. The van der Waals surface area contributed by atoms with Crippen LogP contribution < -0.4 is 5.32 Å². The molecule has 12 atom stereocenters. The van der Waals surface area contributed by atoms with Crippen LogP contribution in [-0.4, -0.2) is 140 Å². The summed E-state index contributed by atoms with van der Waals surface area (Å²) in [7, 11) is 0. The number of hydrogen-bond donors (Lipinski definition) is 9. The SMILES string of the molecule is CCCCC/C=C\C/C=C\CCCCCCCCCC(=O)NC(COC1OC(CO)C(OC2OC(CO)C(O)C(O)C2O)C(O)C1O)C(O)/C=C/CC/C=C/CC/C=C/CCCCCCCCCCCCCCCCCCC. The lowest BCUT2D eigenvalue weighted by Gasteiger charge is -2.46. The van der Waals surface area contributed by atoms with E-state index in [-0.39, 0.29) is 18.9 Å². The van der Waals surface area contributed by atoms with Crippen molar-refractivity contribution in [2.45, 2.75) is 319 Å². The molecule has 2 saturated heterocycles. The largest absolute Gasteiger partial charge is 0.394 e. The molecule has 2 aliphatic heterocycles. The van der Waals surface area contributed by atoms with Gasteiger partial charge in [-0.1, -0.05) is 222 Å². The van der Waals surface area contributed by atoms with Crippen LogP contribution in [0.3, 0.4) is 0 Å². The van der Waals surface area contributed by atoms with E-state index in [4.69, 9.17) is 18.9 Å². The molecule has 454 valence electrons. The van der Waals surface area contributed by atoms with Gasteiger partial charge in [0, 0.05) is 6.42 Å². The Morgan fingerprint density at radius 1 is 0.462 bits per heavy atom. The number of allylic oxidation sites excluding steroid dienone is 9. The van der Waals surface area contributed by atoms with E-state index in [1.807, 2.05) is 6.08 Å². The van der Waals surface area contributed by atoms with Gasteiger partial charge in [0.05, 0.1) is 32.0 Å². The number of aliphatic hydroxyl groups excluding tert-OH is 8. The topological polar surface area (TPSA) is 228 Å². The molecule has 2 heterocycles. The molecule has 2 rings (SSSR count). The Balaban J connectivity index is 1.76. The van der Waals surface area contributed by atoms with E-state index >= 15 is 0 Å². The molecule has 0 aliphatic carbocycles. The maximum atomic E-state index is 13.3. The standard InChI is InChI=1S/C64H115NO13/c1-3-5-7-9-11-13-15-17-19-21-22-23-24-25-26-27-28-29-30-32-33-35-37-39-41-43-45-47-53(68)52(65-56(69)48-46-44-42-40-38-36-34-31-20-18-16-14-12-10-8-6-4-2)51-75-63-61(74)59(72)62(55(50-67)77-63)78-64-60(73)58(71)57(70)54(49-66)76-64/h12,14,18,20,30,32,37,39,45,47,52-55,57-64,66-68,70-74H,3-11,13,15-17,19,21-29,31,33-36,38,40-44,46,48-51H2,1-2H3,(H,65,69)/b14-12-,20-18-,32-30+,39-37+,47-45+. The van der Waals surface area contributed by atoms with Crippen LogP contribution in [0.4, 0.5) is 0 Å². The van der Waals surface area contributed by atoms with Crippen LogP contribution in [0.2, 0.25) is 0 Å². The van der Waals surface area contributed by atoms with Crippen molar-refractivity contribution >= 4 is 5.91 Å². The zero-order valence-corrected chi connectivity index (χ0v) is 48.9. The minimum absolute atomic E-state index is 0.259. The lowest BCUT2D eigenvalue weighted by Crippen LogP contribution is -2.65. The first kappa shape index (κ1) is 71.8. The lowest BCUT2D eigenvalue weighted by atomic mass is 9.97. The van der Waals surface area contributed by atoms with E-state index in [1.54, 1.807) is 6.08 Å². The maximum Gasteiger partial charge on any atom is 0.220 e. The van der Waals surface area contributed by atoms with Gasteiger partial charge in [-0.15, -0.1) is 0 Å². The fraction of sp³-hybridized carbons (Fsp3) is 0.828. The van der Waals surface area contributed by atoms with Crippen LogP contribution in [0.1, 0.15) is 245 Å². The van der Waals surface area contributed by atoms with Crippen molar-refractivity contribution < 1.29 is 64.6 Å². The van der Waals surface area contributed by atoms with Crippen LogP contribution in [0.25, 0.3) is 0 Å². The first-order valence-corrected chi connectivity index (χ1v) is 31.5. The third-order valence-corrected chi connectivity index (χ3v) is 15.2. The van der Waals surface area contributed by atoms with Gasteiger partial charge in [0.2, 0.25) is 5.91 Å². The van der Waals surface area contributed by atoms with E-state index < -0.39 is 86.8 Å². The average Bonchev–Trinajstić information content (AvgIpc) is 3.48. The molecule has 0 saturated carbocycles. The monoisotopic (exact) mass is 1110 g/mol. The quantitative estimate of drug-likeness (QED) is 0.0204. The number of ether oxygens (including phenoxy) is 4. The van der Waals surface area contributed by atoms with Crippen LogP contribution >= 0.6 is 0 Å². The minimum Gasteiger partial charge on any atom is -0.394 e. The first-order valence-electron chi connectivity index (χ1n) is 31.5. The Morgan fingerprint density at radius 2 is 0.859 bits per heavy atom. The molecule has 2 aliphatic rings. The van der Waals surface area contributed by atoms with Gasteiger partial charge in [0.1, 0.15) is 48.8 Å². The predicted molar refractivity (Wildman–Crippen MR) is 314 cm³/mol. The van der Waals surface area contributed by atoms with Gasteiger partial charge in [-0.05, 0) is 77.0 Å². The van der Waals surface area contributed by atoms with Crippen molar-refractivity contribution in [1.82, 2.24) is 5.32 Å². The summed E-state index contributed by atoms with van der Waals surface area (Å²) in [6.45, 7) is 2.75. The lowest BCUT2D eigenvalue weighted by molar-refractivity contribution is -0.359. The maximum absolute atomic E-state index is 13.3. The van der Waals surface area contributed by atoms with E-state index in [2.05, 4.69) is 67.8 Å². The van der Waals surface area contributed by atoms with Crippen molar-refractivity contribution in [3.05, 3.63) is 60.8 Å². The van der Waals surface area contributed by atoms with Crippen molar-refractivity contribution in [2.24, 2.45) is 0 Å². The van der Waals surface area contributed by atoms with Crippen LogP contribution in [0.5, 0.6) is 0 Å². The van der Waals surface area contributed by atoms with E-state index in [0.29, 0.717) is 12.8 Å². The minimum atomic E-state index is -1.80. The van der Waals surface area contributed by atoms with Gasteiger partial charge in [-0.25, -0.2) is 0 Å². The average molecular weight is 1110 g/mol. The van der Waals surface area contributed by atoms with Gasteiger partial charge in [0.15, 0.2) is 12.6 Å². The van der Waals surface area contributed by atoms with Gasteiger partial charge in [0.25, 0.3) is 0 Å². The fourth-order valence-electron chi connectivity index (χ4n) is 10.1. The Hall–Kier alpha value is -2.31. The zero-order valence-electron chi connectivity index (χ0n) is 48.9. The normalized spacial score (nSPS) is 24.9. The molecule has 9 N–H and O–H groups in total. The molecule has 1 amide bonds. The van der Waals surface area contributed by atoms with Gasteiger partial charge in [-0.3, -0.25) is 4.79 Å². The Bertz CT molecular complexity index is 1540. The zero-order chi connectivity index (χ0) is 56.7. The molecule has 0 aromatic heterocycles. The van der Waals surface area contributed by atoms with Crippen molar-refractivity contribution in [2.75, 3.05) is 19.8 Å². The summed E-state index contributed by atoms with van der Waals surface area (Å²) in [5, 5.41) is 87.1. The molecule has 78 heavy (non-hydrogen) atoms. The molecule has 14 nitrogen and oxygen atoms in total. The van der Waals surface area contributed by atoms with Crippen LogP contribution in [0, 0.1) is 0 Å². The number of aliphatic hydroxyl groups is 8. The number of nitrogens with one attached hydrogen (secondary N) is 1. The summed E-state index contributed by atoms with van der Waals surface area (Å²) < 4.78 is 22.8. The van der Waals surface area contributed by atoms with Gasteiger partial charge >= 0.3 is 0 Å². The second kappa shape index (κ2) is 49.3. The number of amides is 1. The summed E-state index contributed by atoms with van der Waals surface area (Å²) >= 11 is 0. The number of rotatable bonds is 50. The first-order chi connectivity index (χ1) is 38.1. The number of unbranched alkanes of at least 4 members (excludes halogenated alkanes) is 29. The highest BCUT2D eigenvalue weighted by atomic mass is 16.7. The number of carbonyl (C=O) groups excluding carboxylic acids is 1. The summed E-state index contributed by atoms with van der Waals surface area (Å²) in [6.07, 6.45) is 47.0. The molecule has 0 aromatic carbocycles. The number of hydrogen-bond acceptors (Lipinski definition) is 13. The van der Waals surface area contributed by atoms with Crippen molar-refractivity contribution in [1.29, 1.82) is 0 Å². The predicted octanol–water partition coefficient (Wildman–Crippen LogP) is 11.3. The summed E-state index contributed by atoms with van der Waals surface area (Å²) in [4.78, 5) is 13.3. The Kier molecular flexibility index (Phi) is 45.4. The highest BCUT2D eigenvalue weighted by Gasteiger charge is 2.51. The molecule has 0 spiro atoms. The highest BCUT2D eigenvalue weighted by molar-refractivity contribution is 5.76. The molecule has 2 fully saturated rings. The second-order valence-corrected chi connectivity index (χ2v) is 22.2. The highest BCUT2D eigenvalue weighted by Crippen LogP contribution is 2.30. The third kappa shape index (κ3) is 34.2. The molecule has 0 aromatic rings. The van der Waals surface area contributed by atoms with Crippen molar-refractivity contribution in [3.63, 3.8) is 0 Å². The third-order valence-electron chi connectivity index (χ3n) is 15.2. The van der Waals surface area contributed by atoms with Gasteiger partial charge in [-0.2, -0.15) is 0 Å². The second-order valence-electron chi connectivity index (χ2n) is 22.2. The van der Waals surface area contributed by atoms with E-state index in [9.17, 15) is 45.6 Å². The van der Waals surface area contributed by atoms with E-state index in [1.165, 1.54) is 148 Å².